The average Bonchev–Trinajstić information content (AvgIpc) is 2.61. The fourth-order valence-corrected chi connectivity index (χ4v) is 2.52. The molecule has 1 aromatic heterocycles. The van der Waals surface area contributed by atoms with Gasteiger partial charge in [0.05, 0.1) is 6.04 Å². The highest BCUT2D eigenvalue weighted by atomic mass is 15.0. The molecule has 0 fully saturated rings. The first kappa shape index (κ1) is 14.3. The Kier molecular flexibility index (Phi) is 4.47. The van der Waals surface area contributed by atoms with Gasteiger partial charge < -0.3 is 11.1 Å². The summed E-state index contributed by atoms with van der Waals surface area (Å²) in [5.74, 6) is 0.836. The zero-order valence-electron chi connectivity index (χ0n) is 12.3. The molecule has 22 heavy (non-hydrogen) atoms. The molecule has 0 aliphatic carbocycles. The number of nitrogens with zero attached hydrogens (tertiary/aromatic N) is 1. The molecule has 0 bridgehead atoms. The van der Waals surface area contributed by atoms with Gasteiger partial charge in [0.15, 0.2) is 0 Å². The van der Waals surface area contributed by atoms with E-state index < -0.39 is 0 Å². The summed E-state index contributed by atoms with van der Waals surface area (Å²) in [5, 5.41) is 3.54. The maximum Gasteiger partial charge on any atom is 0.131 e. The molecular weight excluding hydrogens is 270 g/mol. The van der Waals surface area contributed by atoms with Crippen molar-refractivity contribution in [2.75, 3.05) is 5.32 Å². The minimum absolute atomic E-state index is 0.0441. The van der Waals surface area contributed by atoms with Gasteiger partial charge in [-0.25, -0.2) is 4.98 Å². The van der Waals surface area contributed by atoms with Crippen LogP contribution in [-0.4, -0.2) is 4.98 Å². The molecule has 3 rings (SSSR count). The van der Waals surface area contributed by atoms with Crippen molar-refractivity contribution in [3.05, 3.63) is 95.7 Å². The highest BCUT2D eigenvalue weighted by Crippen LogP contribution is 2.27. The van der Waals surface area contributed by atoms with Crippen LogP contribution in [0.2, 0.25) is 0 Å². The number of nitrogens with one attached hydrogen (secondary N) is 1. The largest absolute Gasteiger partial charge is 0.359 e. The summed E-state index contributed by atoms with van der Waals surface area (Å²) in [7, 11) is 0. The fraction of sp³-hybridized carbons (Fsp3) is 0.105. The Balaban J connectivity index is 1.99. The molecule has 1 heterocycles. The Labute approximate surface area is 130 Å². The predicted molar refractivity (Wildman–Crippen MR) is 90.5 cm³/mol. The van der Waals surface area contributed by atoms with Crippen LogP contribution in [0.25, 0.3) is 0 Å². The van der Waals surface area contributed by atoms with E-state index in [4.69, 9.17) is 5.73 Å². The first-order valence-electron chi connectivity index (χ1n) is 7.39. The Hall–Kier alpha value is -2.65. The number of hydrogen-bond acceptors (Lipinski definition) is 3. The average molecular weight is 289 g/mol. The topological polar surface area (TPSA) is 50.9 Å². The van der Waals surface area contributed by atoms with E-state index in [1.54, 1.807) is 6.20 Å². The Morgan fingerprint density at radius 3 is 1.95 bits per heavy atom. The van der Waals surface area contributed by atoms with Gasteiger partial charge in [0.2, 0.25) is 0 Å². The van der Waals surface area contributed by atoms with E-state index in [1.165, 1.54) is 11.1 Å². The van der Waals surface area contributed by atoms with E-state index in [-0.39, 0.29) is 6.04 Å². The number of anilines is 1. The molecule has 3 nitrogen and oxygen atoms in total. The zero-order valence-corrected chi connectivity index (χ0v) is 12.3. The summed E-state index contributed by atoms with van der Waals surface area (Å²) in [6, 6.07) is 24.7. The monoisotopic (exact) mass is 289 g/mol. The van der Waals surface area contributed by atoms with Gasteiger partial charge >= 0.3 is 0 Å². The van der Waals surface area contributed by atoms with Crippen molar-refractivity contribution in [2.24, 2.45) is 5.73 Å². The van der Waals surface area contributed by atoms with Crippen LogP contribution in [-0.2, 0) is 6.54 Å². The lowest BCUT2D eigenvalue weighted by molar-refractivity contribution is 0.912. The van der Waals surface area contributed by atoms with Crippen molar-refractivity contribution >= 4 is 5.82 Å². The summed E-state index contributed by atoms with van der Waals surface area (Å²) < 4.78 is 0. The fourth-order valence-electron chi connectivity index (χ4n) is 2.52. The molecule has 3 heteroatoms. The smallest absolute Gasteiger partial charge is 0.131 e. The lowest BCUT2D eigenvalue weighted by Crippen LogP contribution is -2.15. The SMILES string of the molecule is NCc1cccnc1NC(c1ccccc1)c1ccccc1. The van der Waals surface area contributed by atoms with Gasteiger partial charge in [-0.05, 0) is 17.2 Å². The van der Waals surface area contributed by atoms with E-state index >= 15 is 0 Å². The molecule has 0 atom stereocenters. The van der Waals surface area contributed by atoms with Crippen LogP contribution in [0.5, 0.6) is 0 Å². The van der Waals surface area contributed by atoms with Gasteiger partial charge in [-0.15, -0.1) is 0 Å². The van der Waals surface area contributed by atoms with Gasteiger partial charge in [-0.2, -0.15) is 0 Å². The van der Waals surface area contributed by atoms with Gasteiger partial charge in [0.1, 0.15) is 5.82 Å². The molecule has 110 valence electrons. The molecule has 0 spiro atoms. The van der Waals surface area contributed by atoms with Crippen LogP contribution in [0.1, 0.15) is 22.7 Å². The molecular formula is C19H19N3. The second-order valence-corrected chi connectivity index (χ2v) is 5.11. The van der Waals surface area contributed by atoms with Crippen LogP contribution < -0.4 is 11.1 Å². The Morgan fingerprint density at radius 2 is 1.41 bits per heavy atom. The van der Waals surface area contributed by atoms with Crippen molar-refractivity contribution in [3.8, 4) is 0 Å². The summed E-state index contributed by atoms with van der Waals surface area (Å²) in [4.78, 5) is 4.45. The molecule has 0 saturated carbocycles. The molecule has 3 N–H and O–H groups in total. The Bertz CT molecular complexity index is 672. The highest BCUT2D eigenvalue weighted by molar-refractivity contribution is 5.49. The second-order valence-electron chi connectivity index (χ2n) is 5.11. The van der Waals surface area contributed by atoms with Crippen molar-refractivity contribution in [2.45, 2.75) is 12.6 Å². The molecule has 0 saturated heterocycles. The third-order valence-electron chi connectivity index (χ3n) is 3.66. The third-order valence-corrected chi connectivity index (χ3v) is 3.66. The number of hydrogen-bond donors (Lipinski definition) is 2. The van der Waals surface area contributed by atoms with E-state index in [0.717, 1.165) is 11.4 Å². The molecule has 0 aliphatic rings. The molecule has 0 aliphatic heterocycles. The maximum absolute atomic E-state index is 5.82. The standard InChI is InChI=1S/C19H19N3/c20-14-17-12-7-13-21-19(17)22-18(15-8-3-1-4-9-15)16-10-5-2-6-11-16/h1-13,18H,14,20H2,(H,21,22). The van der Waals surface area contributed by atoms with Crippen LogP contribution in [0.15, 0.2) is 79.0 Å². The van der Waals surface area contributed by atoms with Crippen molar-refractivity contribution in [3.63, 3.8) is 0 Å². The lowest BCUT2D eigenvalue weighted by atomic mass is 9.98. The van der Waals surface area contributed by atoms with Gasteiger partial charge in [0, 0.05) is 18.3 Å². The number of nitrogens with two attached hydrogens (primary N) is 1. The van der Waals surface area contributed by atoms with Crippen LogP contribution in [0.4, 0.5) is 5.82 Å². The molecule has 2 aromatic carbocycles. The number of benzene rings is 2. The minimum Gasteiger partial charge on any atom is -0.359 e. The normalized spacial score (nSPS) is 10.6. The summed E-state index contributed by atoms with van der Waals surface area (Å²) >= 11 is 0. The molecule has 0 radical (unpaired) electrons. The van der Waals surface area contributed by atoms with Crippen LogP contribution in [0, 0.1) is 0 Å². The zero-order chi connectivity index (χ0) is 15.2. The van der Waals surface area contributed by atoms with E-state index in [9.17, 15) is 0 Å². The molecule has 0 amide bonds. The van der Waals surface area contributed by atoms with Crippen molar-refractivity contribution in [1.82, 2.24) is 4.98 Å². The number of aromatic nitrogens is 1. The summed E-state index contributed by atoms with van der Waals surface area (Å²) in [6.07, 6.45) is 1.79. The highest BCUT2D eigenvalue weighted by Gasteiger charge is 2.15. The lowest BCUT2D eigenvalue weighted by Gasteiger charge is -2.21. The maximum atomic E-state index is 5.82. The minimum atomic E-state index is 0.0441. The first-order valence-corrected chi connectivity index (χ1v) is 7.39. The van der Waals surface area contributed by atoms with Gasteiger partial charge in [-0.3, -0.25) is 0 Å². The molecule has 3 aromatic rings. The summed E-state index contributed by atoms with van der Waals surface area (Å²) in [6.45, 7) is 0.465. The Morgan fingerprint density at radius 1 is 0.818 bits per heavy atom. The second kappa shape index (κ2) is 6.87. The summed E-state index contributed by atoms with van der Waals surface area (Å²) in [5.41, 5.74) is 9.23. The van der Waals surface area contributed by atoms with Gasteiger partial charge in [-0.1, -0.05) is 66.7 Å². The van der Waals surface area contributed by atoms with E-state index in [1.807, 2.05) is 24.3 Å². The van der Waals surface area contributed by atoms with Crippen molar-refractivity contribution < 1.29 is 0 Å². The molecule has 0 unspecified atom stereocenters. The number of pyridine rings is 1. The van der Waals surface area contributed by atoms with Crippen molar-refractivity contribution in [1.29, 1.82) is 0 Å². The van der Waals surface area contributed by atoms with E-state index in [0.29, 0.717) is 6.54 Å². The van der Waals surface area contributed by atoms with Gasteiger partial charge in [0.25, 0.3) is 0 Å². The van der Waals surface area contributed by atoms with E-state index in [2.05, 4.69) is 58.8 Å². The first-order chi connectivity index (χ1) is 10.9. The third kappa shape index (κ3) is 3.15. The quantitative estimate of drug-likeness (QED) is 0.752. The predicted octanol–water partition coefficient (Wildman–Crippen LogP) is 3.74. The van der Waals surface area contributed by atoms with Crippen LogP contribution >= 0.6 is 0 Å². The van der Waals surface area contributed by atoms with Crippen LogP contribution in [0.3, 0.4) is 0 Å². The number of rotatable bonds is 5.